The average molecular weight is 183 g/mol. The van der Waals surface area contributed by atoms with Crippen molar-refractivity contribution in [2.75, 3.05) is 27.4 Å². The molecule has 11 heavy (non-hydrogen) atoms. The van der Waals surface area contributed by atoms with Gasteiger partial charge in [0.05, 0.1) is 0 Å². The van der Waals surface area contributed by atoms with Crippen molar-refractivity contribution >= 4 is 7.82 Å². The molecule has 0 aromatic rings. The van der Waals surface area contributed by atoms with Gasteiger partial charge in [-0.3, -0.25) is 13.9 Å². The highest BCUT2D eigenvalue weighted by Crippen LogP contribution is 2.41. The van der Waals surface area contributed by atoms with Gasteiger partial charge in [0.2, 0.25) is 0 Å². The molecule has 5 nitrogen and oxygen atoms in total. The summed E-state index contributed by atoms with van der Waals surface area (Å²) in [7, 11) is -0.877. The van der Waals surface area contributed by atoms with Gasteiger partial charge in [0.25, 0.3) is 0 Å². The Labute approximate surface area is 66.5 Å². The Morgan fingerprint density at radius 3 is 2.55 bits per heavy atom. The molecule has 0 rings (SSSR count). The first-order valence-electron chi connectivity index (χ1n) is 3.23. The van der Waals surface area contributed by atoms with Crippen molar-refractivity contribution in [1.29, 1.82) is 0 Å². The van der Waals surface area contributed by atoms with E-state index in [1.807, 2.05) is 6.92 Å². The van der Waals surface area contributed by atoms with Crippen molar-refractivity contribution in [3.63, 3.8) is 0 Å². The van der Waals surface area contributed by atoms with Crippen LogP contribution in [0, 0.1) is 0 Å². The lowest BCUT2D eigenvalue weighted by molar-refractivity contribution is 0.103. The van der Waals surface area contributed by atoms with Gasteiger partial charge < -0.3 is 4.89 Å². The first kappa shape index (κ1) is 11.1. The van der Waals surface area contributed by atoms with Crippen LogP contribution in [0.2, 0.25) is 0 Å². The summed E-state index contributed by atoms with van der Waals surface area (Å²) >= 11 is 0. The van der Waals surface area contributed by atoms with Crippen molar-refractivity contribution < 1.29 is 18.5 Å². The van der Waals surface area contributed by atoms with Crippen molar-refractivity contribution in [2.24, 2.45) is 0 Å². The molecule has 1 unspecified atom stereocenters. The Bertz CT molecular complexity index is 151. The van der Waals surface area contributed by atoms with E-state index in [9.17, 15) is 4.57 Å². The number of hydrogen-bond donors (Lipinski definition) is 1. The molecule has 1 atom stereocenters. The molecule has 0 saturated carbocycles. The molecule has 0 aromatic heterocycles. The van der Waals surface area contributed by atoms with Crippen LogP contribution in [0.5, 0.6) is 0 Å². The van der Waals surface area contributed by atoms with Gasteiger partial charge in [-0.1, -0.05) is 6.92 Å². The summed E-state index contributed by atoms with van der Waals surface area (Å²) in [5.41, 5.74) is 0. The van der Waals surface area contributed by atoms with Crippen LogP contribution in [-0.4, -0.2) is 37.2 Å². The number of phosphoric acid groups is 1. The Hall–Kier alpha value is 0.0700. The molecule has 68 valence electrons. The maximum atomic E-state index is 10.7. The van der Waals surface area contributed by atoms with Crippen molar-refractivity contribution in [3.05, 3.63) is 0 Å². The Kier molecular flexibility index (Phi) is 4.88. The first-order valence-corrected chi connectivity index (χ1v) is 4.73. The molecule has 0 aromatic carbocycles. The number of phosphoric ester groups is 1. The van der Waals surface area contributed by atoms with E-state index in [0.29, 0.717) is 0 Å². The molecule has 6 heteroatoms. The molecule has 0 saturated heterocycles. The monoisotopic (exact) mass is 183 g/mol. The minimum absolute atomic E-state index is 0.0954. The van der Waals surface area contributed by atoms with Crippen molar-refractivity contribution in [3.8, 4) is 0 Å². The van der Waals surface area contributed by atoms with E-state index < -0.39 is 7.82 Å². The van der Waals surface area contributed by atoms with E-state index in [0.717, 1.165) is 13.7 Å². The van der Waals surface area contributed by atoms with Gasteiger partial charge in [-0.15, -0.1) is 0 Å². The molecule has 1 N–H and O–H groups in total. The molecule has 0 radical (unpaired) electrons. The normalized spacial score (nSPS) is 16.8. The zero-order chi connectivity index (χ0) is 8.91. The van der Waals surface area contributed by atoms with Gasteiger partial charge in [0, 0.05) is 7.11 Å². The largest absolute Gasteiger partial charge is 0.473 e. The maximum Gasteiger partial charge on any atom is 0.473 e. The van der Waals surface area contributed by atoms with E-state index in [1.54, 1.807) is 11.9 Å². The van der Waals surface area contributed by atoms with Crippen LogP contribution in [0.1, 0.15) is 6.92 Å². The van der Waals surface area contributed by atoms with Crippen LogP contribution >= 0.6 is 7.82 Å². The summed E-state index contributed by atoms with van der Waals surface area (Å²) < 4.78 is 19.4. The Balaban J connectivity index is 3.61. The van der Waals surface area contributed by atoms with Gasteiger partial charge in [-0.25, -0.2) is 4.57 Å². The van der Waals surface area contributed by atoms with E-state index in [1.165, 1.54) is 0 Å². The predicted octanol–water partition coefficient (Wildman–Crippen LogP) is 0.659. The highest BCUT2D eigenvalue weighted by molar-refractivity contribution is 7.47. The van der Waals surface area contributed by atoms with Gasteiger partial charge in [0.1, 0.15) is 6.73 Å². The molecule has 0 aliphatic rings. The lowest BCUT2D eigenvalue weighted by Gasteiger charge is -2.15. The van der Waals surface area contributed by atoms with Gasteiger partial charge >= 0.3 is 7.82 Å². The Morgan fingerprint density at radius 2 is 2.18 bits per heavy atom. The van der Waals surface area contributed by atoms with Crippen LogP contribution in [0.25, 0.3) is 0 Å². The highest BCUT2D eigenvalue weighted by Gasteiger charge is 2.18. The molecule has 0 bridgehead atoms. The maximum absolute atomic E-state index is 10.7. The number of rotatable bonds is 5. The predicted molar refractivity (Wildman–Crippen MR) is 41.1 cm³/mol. The summed E-state index contributed by atoms with van der Waals surface area (Å²) in [4.78, 5) is 10.5. The standard InChI is InChI=1S/C5H14NO4P/c1-4-6(2)5-10-11(7,8)9-3/h4-5H2,1-3H3,(H,7,8). The SMILES string of the molecule is CCN(C)COP(=O)(O)OC. The van der Waals surface area contributed by atoms with Gasteiger partial charge in [0.15, 0.2) is 0 Å². The van der Waals surface area contributed by atoms with Crippen LogP contribution < -0.4 is 0 Å². The lowest BCUT2D eigenvalue weighted by atomic mass is 10.7. The second kappa shape index (κ2) is 4.85. The van der Waals surface area contributed by atoms with Crippen LogP contribution in [0.4, 0.5) is 0 Å². The fraction of sp³-hybridized carbons (Fsp3) is 1.00. The lowest BCUT2D eigenvalue weighted by Crippen LogP contribution is -2.20. The van der Waals surface area contributed by atoms with Crippen LogP contribution in [0.3, 0.4) is 0 Å². The number of hydrogen-bond acceptors (Lipinski definition) is 4. The number of nitrogens with zero attached hydrogens (tertiary/aromatic N) is 1. The first-order chi connectivity index (χ1) is 5.02. The van der Waals surface area contributed by atoms with Crippen LogP contribution in [0.15, 0.2) is 0 Å². The smallest absolute Gasteiger partial charge is 0.302 e. The second-order valence-corrected chi connectivity index (χ2v) is 3.64. The highest BCUT2D eigenvalue weighted by atomic mass is 31.2. The average Bonchev–Trinajstić information content (AvgIpc) is 2.00. The topological polar surface area (TPSA) is 59.0 Å². The summed E-state index contributed by atoms with van der Waals surface area (Å²) in [5.74, 6) is 0. The second-order valence-electron chi connectivity index (χ2n) is 2.08. The third-order valence-corrected chi connectivity index (χ3v) is 2.12. The van der Waals surface area contributed by atoms with Crippen molar-refractivity contribution in [2.45, 2.75) is 6.92 Å². The third-order valence-electron chi connectivity index (χ3n) is 1.21. The molecular weight excluding hydrogens is 169 g/mol. The minimum Gasteiger partial charge on any atom is -0.302 e. The summed E-state index contributed by atoms with van der Waals surface area (Å²) in [6.45, 7) is 2.76. The minimum atomic E-state index is -3.78. The van der Waals surface area contributed by atoms with Gasteiger partial charge in [-0.05, 0) is 13.6 Å². The van der Waals surface area contributed by atoms with Crippen molar-refractivity contribution in [1.82, 2.24) is 4.90 Å². The summed E-state index contributed by atoms with van der Waals surface area (Å²) in [5, 5.41) is 0. The molecule has 0 fully saturated rings. The quantitative estimate of drug-likeness (QED) is 0.501. The Morgan fingerprint density at radius 1 is 1.64 bits per heavy atom. The molecule has 0 spiro atoms. The van der Waals surface area contributed by atoms with Gasteiger partial charge in [-0.2, -0.15) is 0 Å². The fourth-order valence-electron chi connectivity index (χ4n) is 0.316. The molecular formula is C5H14NO4P. The van der Waals surface area contributed by atoms with Crippen LogP contribution in [-0.2, 0) is 13.6 Å². The third kappa shape index (κ3) is 5.35. The summed E-state index contributed by atoms with van der Waals surface area (Å²) in [6.07, 6.45) is 0. The van der Waals surface area contributed by atoms with E-state index >= 15 is 0 Å². The zero-order valence-corrected chi connectivity index (χ0v) is 7.88. The zero-order valence-electron chi connectivity index (χ0n) is 6.98. The molecule has 0 heterocycles. The molecule has 0 amide bonds. The fourth-order valence-corrected chi connectivity index (χ4v) is 0.764. The summed E-state index contributed by atoms with van der Waals surface area (Å²) in [6, 6.07) is 0. The molecule has 0 aliphatic heterocycles. The van der Waals surface area contributed by atoms with E-state index in [-0.39, 0.29) is 6.73 Å². The molecule has 0 aliphatic carbocycles. The van der Waals surface area contributed by atoms with E-state index in [4.69, 9.17) is 4.89 Å². The van der Waals surface area contributed by atoms with E-state index in [2.05, 4.69) is 9.05 Å².